The second kappa shape index (κ2) is 12.6. The quantitative estimate of drug-likeness (QED) is 0.175. The van der Waals surface area contributed by atoms with E-state index >= 15 is 0 Å². The molecule has 0 aromatic heterocycles. The predicted octanol–water partition coefficient (Wildman–Crippen LogP) is 8.12. The zero-order valence-electron chi connectivity index (χ0n) is 32.0. The van der Waals surface area contributed by atoms with Crippen LogP contribution in [-0.2, 0) is 14.3 Å². The largest absolute Gasteiger partial charge is 0.480 e. The lowest BCUT2D eigenvalue weighted by Crippen LogP contribution is -2.68. The average Bonchev–Trinajstić information content (AvgIpc) is 3.45. The Morgan fingerprint density at radius 3 is 2.24 bits per heavy atom. The van der Waals surface area contributed by atoms with E-state index in [1.807, 2.05) is 6.08 Å². The Kier molecular flexibility index (Phi) is 9.16. The van der Waals surface area contributed by atoms with Gasteiger partial charge >= 0.3 is 11.9 Å². The summed E-state index contributed by atoms with van der Waals surface area (Å²) < 4.78 is 5.62. The molecular formula is C43H66N2O5. The summed E-state index contributed by atoms with van der Waals surface area (Å²) in [5.41, 5.74) is 3.18. The fourth-order valence-corrected chi connectivity index (χ4v) is 14.5. The molecule has 3 N–H and O–H groups in total. The third-order valence-electron chi connectivity index (χ3n) is 17.3. The second-order valence-corrected chi connectivity index (χ2v) is 19.4. The number of aliphatic carboxylic acids is 2. The Bertz CT molecular complexity index is 1440. The van der Waals surface area contributed by atoms with Crippen LogP contribution in [0.4, 0.5) is 0 Å². The van der Waals surface area contributed by atoms with Crippen LogP contribution in [0.2, 0.25) is 0 Å². The number of carboxylic acids is 2. The van der Waals surface area contributed by atoms with Gasteiger partial charge in [-0.2, -0.15) is 0 Å². The molecule has 6 aliphatic carbocycles. The molecule has 50 heavy (non-hydrogen) atoms. The van der Waals surface area contributed by atoms with E-state index < -0.39 is 17.4 Å². The molecular weight excluding hydrogens is 624 g/mol. The van der Waals surface area contributed by atoms with Crippen molar-refractivity contribution in [1.29, 1.82) is 0 Å². The summed E-state index contributed by atoms with van der Waals surface area (Å²) in [5, 5.41) is 24.0. The van der Waals surface area contributed by atoms with E-state index in [2.05, 4.69) is 64.4 Å². The van der Waals surface area contributed by atoms with Crippen LogP contribution < -0.4 is 5.32 Å². The number of fused-ring (bicyclic) bond motifs is 7. The van der Waals surface area contributed by atoms with Crippen LogP contribution in [0.3, 0.4) is 0 Å². The van der Waals surface area contributed by atoms with Crippen LogP contribution in [0.1, 0.15) is 119 Å². The monoisotopic (exact) mass is 690 g/mol. The highest BCUT2D eigenvalue weighted by molar-refractivity contribution is 5.98. The summed E-state index contributed by atoms with van der Waals surface area (Å²) in [4.78, 5) is 26.7. The number of carboxylic acid groups (broad SMARTS) is 2. The smallest absolute Gasteiger partial charge is 0.321 e. The molecule has 278 valence electrons. The predicted molar refractivity (Wildman–Crippen MR) is 198 cm³/mol. The minimum Gasteiger partial charge on any atom is -0.480 e. The minimum atomic E-state index is -1.70. The van der Waals surface area contributed by atoms with Gasteiger partial charge in [-0.15, -0.1) is 0 Å². The van der Waals surface area contributed by atoms with Gasteiger partial charge in [-0.25, -0.2) is 0 Å². The van der Waals surface area contributed by atoms with Crippen molar-refractivity contribution in [2.75, 3.05) is 39.4 Å². The molecule has 0 aromatic rings. The molecule has 9 atom stereocenters. The van der Waals surface area contributed by atoms with Gasteiger partial charge < -0.3 is 20.3 Å². The summed E-state index contributed by atoms with van der Waals surface area (Å²) in [6.07, 6.45) is 16.5. The maximum absolute atomic E-state index is 12.0. The lowest BCUT2D eigenvalue weighted by molar-refractivity contribution is -0.221. The van der Waals surface area contributed by atoms with Gasteiger partial charge in [-0.3, -0.25) is 14.5 Å². The van der Waals surface area contributed by atoms with Gasteiger partial charge in [-0.1, -0.05) is 58.9 Å². The highest BCUT2D eigenvalue weighted by atomic mass is 16.5. The van der Waals surface area contributed by atoms with E-state index in [1.165, 1.54) is 68.1 Å². The molecule has 1 heterocycles. The zero-order chi connectivity index (χ0) is 35.9. The van der Waals surface area contributed by atoms with Crippen molar-refractivity contribution in [1.82, 2.24) is 10.2 Å². The Hall–Kier alpha value is -1.96. The Morgan fingerprint density at radius 2 is 1.60 bits per heavy atom. The number of nitrogens with one attached hydrogen (secondary N) is 1. The van der Waals surface area contributed by atoms with Crippen molar-refractivity contribution >= 4 is 11.9 Å². The normalized spacial score (nSPS) is 43.7. The van der Waals surface area contributed by atoms with Crippen LogP contribution in [0, 0.1) is 56.7 Å². The first-order valence-corrected chi connectivity index (χ1v) is 20.1. The molecule has 0 bridgehead atoms. The molecule has 1 saturated heterocycles. The standard InChI is InChI=1S/C43H66N2O5/c1-28(2)30-12-19-43(44-22-23-45-24-26-50-27-25-45)21-20-40(6)32(35(30)43)8-9-34-39(5)15-13-31(38(3,4)33(39)14-16-41(34,40)7)29-10-17-42(18-11-29,36(46)47)37(48)49/h10,13,30,32-35,44H,1,8-9,11-12,14-27H2,2-7H3,(H,46,47)(H,48,49)/t30-,32+,33?,34?,35?,39-,40+,41+,43-/m0/s1. The van der Waals surface area contributed by atoms with Crippen molar-refractivity contribution in [3.05, 3.63) is 35.5 Å². The van der Waals surface area contributed by atoms with E-state index in [-0.39, 0.29) is 34.6 Å². The van der Waals surface area contributed by atoms with Gasteiger partial charge in [0.15, 0.2) is 5.41 Å². The Balaban J connectivity index is 1.15. The van der Waals surface area contributed by atoms with Gasteiger partial charge in [0.25, 0.3) is 0 Å². The minimum absolute atomic E-state index is 0.0486. The summed E-state index contributed by atoms with van der Waals surface area (Å²) >= 11 is 0. The lowest BCUT2D eigenvalue weighted by atomic mass is 9.33. The highest BCUT2D eigenvalue weighted by Gasteiger charge is 2.70. The molecule has 5 fully saturated rings. The Labute approximate surface area is 301 Å². The number of rotatable bonds is 8. The topological polar surface area (TPSA) is 99.1 Å². The van der Waals surface area contributed by atoms with Gasteiger partial charge in [0.1, 0.15) is 0 Å². The van der Waals surface area contributed by atoms with Crippen molar-refractivity contribution in [3.63, 3.8) is 0 Å². The molecule has 0 aromatic carbocycles. The van der Waals surface area contributed by atoms with E-state index in [0.717, 1.165) is 45.8 Å². The first kappa shape index (κ1) is 36.4. The van der Waals surface area contributed by atoms with Crippen LogP contribution in [-0.4, -0.2) is 72.0 Å². The van der Waals surface area contributed by atoms with Crippen molar-refractivity contribution < 1.29 is 24.5 Å². The number of carbonyl (C=O) groups is 2. The number of allylic oxidation sites excluding steroid dienone is 5. The van der Waals surface area contributed by atoms with Crippen LogP contribution in [0.5, 0.6) is 0 Å². The van der Waals surface area contributed by atoms with Gasteiger partial charge in [-0.05, 0) is 146 Å². The SMILES string of the molecule is C=C(C)[C@@H]1CC[C@]2(NCCN3CCOCC3)CC[C@]3(C)[C@H](CCC4[C@@]5(C)CC=C(C6=CCC(C(=O)O)(C(=O)O)CC6)C(C)(C)C5CC[C@]43C)C12. The maximum atomic E-state index is 12.0. The number of hydrogen-bond acceptors (Lipinski definition) is 5. The van der Waals surface area contributed by atoms with Crippen LogP contribution >= 0.6 is 0 Å². The van der Waals surface area contributed by atoms with Gasteiger partial charge in [0.05, 0.1) is 13.2 Å². The average molecular weight is 691 g/mol. The summed E-state index contributed by atoms with van der Waals surface area (Å²) in [6.45, 7) is 25.8. The van der Waals surface area contributed by atoms with Crippen LogP contribution in [0.25, 0.3) is 0 Å². The number of hydrogen-bond donors (Lipinski definition) is 3. The Morgan fingerprint density at radius 1 is 0.880 bits per heavy atom. The molecule has 1 aliphatic heterocycles. The highest BCUT2D eigenvalue weighted by Crippen LogP contribution is 2.76. The zero-order valence-corrected chi connectivity index (χ0v) is 32.0. The van der Waals surface area contributed by atoms with Crippen LogP contribution in [0.15, 0.2) is 35.5 Å². The number of ether oxygens (including phenoxy) is 1. The van der Waals surface area contributed by atoms with Crippen molar-refractivity contribution in [2.24, 2.45) is 56.7 Å². The fourth-order valence-electron chi connectivity index (χ4n) is 14.5. The van der Waals surface area contributed by atoms with Gasteiger partial charge in [0.2, 0.25) is 0 Å². The summed E-state index contributed by atoms with van der Waals surface area (Å²) in [6, 6.07) is 0. The molecule has 0 radical (unpaired) electrons. The molecule has 0 amide bonds. The van der Waals surface area contributed by atoms with Gasteiger partial charge in [0, 0.05) is 31.7 Å². The van der Waals surface area contributed by atoms with E-state index in [9.17, 15) is 19.8 Å². The second-order valence-electron chi connectivity index (χ2n) is 19.4. The summed E-state index contributed by atoms with van der Waals surface area (Å²) in [7, 11) is 0. The molecule has 7 nitrogen and oxygen atoms in total. The first-order valence-electron chi connectivity index (χ1n) is 20.1. The molecule has 0 spiro atoms. The van der Waals surface area contributed by atoms with E-state index in [1.54, 1.807) is 0 Å². The molecule has 3 unspecified atom stereocenters. The molecule has 7 rings (SSSR count). The summed E-state index contributed by atoms with van der Waals surface area (Å²) in [5.74, 6) is 0.739. The van der Waals surface area contributed by atoms with E-state index in [0.29, 0.717) is 41.4 Å². The number of nitrogens with zero attached hydrogens (tertiary/aromatic N) is 1. The third kappa shape index (κ3) is 5.20. The lowest BCUT2D eigenvalue weighted by Gasteiger charge is -2.72. The van der Waals surface area contributed by atoms with Crippen molar-refractivity contribution in [2.45, 2.75) is 124 Å². The number of morpholine rings is 1. The maximum Gasteiger partial charge on any atom is 0.321 e. The first-order chi connectivity index (χ1) is 23.6. The third-order valence-corrected chi connectivity index (χ3v) is 17.3. The molecule has 4 saturated carbocycles. The molecule has 7 heteroatoms. The molecule has 7 aliphatic rings. The van der Waals surface area contributed by atoms with Crippen molar-refractivity contribution in [3.8, 4) is 0 Å². The fraction of sp³-hybridized carbons (Fsp3) is 0.814. The van der Waals surface area contributed by atoms with E-state index in [4.69, 9.17) is 4.74 Å².